The van der Waals surface area contributed by atoms with Gasteiger partial charge in [0.1, 0.15) is 5.75 Å². The number of benzene rings is 1. The quantitative estimate of drug-likeness (QED) is 0.801. The Morgan fingerprint density at radius 3 is 2.40 bits per heavy atom. The molecular weight excluding hydrogens is 190 g/mol. The van der Waals surface area contributed by atoms with E-state index in [2.05, 4.69) is 0 Å². The van der Waals surface area contributed by atoms with Crippen LogP contribution in [0.1, 0.15) is 25.8 Å². The van der Waals surface area contributed by atoms with Gasteiger partial charge in [-0.05, 0) is 38.0 Å². The highest BCUT2D eigenvalue weighted by molar-refractivity contribution is 5.73. The van der Waals surface area contributed by atoms with Gasteiger partial charge in [0.2, 0.25) is 5.91 Å². The van der Waals surface area contributed by atoms with Gasteiger partial charge >= 0.3 is 0 Å². The summed E-state index contributed by atoms with van der Waals surface area (Å²) in [6.45, 7) is 3.97. The lowest BCUT2D eigenvalue weighted by Crippen LogP contribution is -2.11. The fourth-order valence-corrected chi connectivity index (χ4v) is 1.27. The fourth-order valence-electron chi connectivity index (χ4n) is 1.27. The summed E-state index contributed by atoms with van der Waals surface area (Å²) in [5.74, 6) is 0.588. The Morgan fingerprint density at radius 1 is 1.33 bits per heavy atom. The van der Waals surface area contributed by atoms with Crippen molar-refractivity contribution in [2.75, 3.05) is 0 Å². The van der Waals surface area contributed by atoms with Gasteiger partial charge in [-0.3, -0.25) is 4.79 Å². The SMILES string of the molecule is CC(C)Oc1ccc(CCC(N)=O)cc1. The van der Waals surface area contributed by atoms with Crippen molar-refractivity contribution in [3.63, 3.8) is 0 Å². The van der Waals surface area contributed by atoms with Crippen LogP contribution >= 0.6 is 0 Å². The highest BCUT2D eigenvalue weighted by Gasteiger charge is 1.99. The number of hydrogen-bond acceptors (Lipinski definition) is 2. The minimum Gasteiger partial charge on any atom is -0.491 e. The Labute approximate surface area is 90.2 Å². The van der Waals surface area contributed by atoms with Gasteiger partial charge in [0.25, 0.3) is 0 Å². The molecular formula is C12H17NO2. The lowest BCUT2D eigenvalue weighted by molar-refractivity contribution is -0.117. The molecule has 0 unspecified atom stereocenters. The van der Waals surface area contributed by atoms with Gasteiger partial charge in [-0.2, -0.15) is 0 Å². The first-order valence-electron chi connectivity index (χ1n) is 5.12. The maximum atomic E-state index is 10.6. The molecule has 1 aromatic rings. The van der Waals surface area contributed by atoms with Crippen molar-refractivity contribution >= 4 is 5.91 Å². The van der Waals surface area contributed by atoms with Gasteiger partial charge < -0.3 is 10.5 Å². The summed E-state index contributed by atoms with van der Waals surface area (Å²) in [5, 5.41) is 0. The highest BCUT2D eigenvalue weighted by atomic mass is 16.5. The van der Waals surface area contributed by atoms with Crippen LogP contribution in [0, 0.1) is 0 Å². The van der Waals surface area contributed by atoms with E-state index in [0.29, 0.717) is 12.8 Å². The molecule has 3 heteroatoms. The van der Waals surface area contributed by atoms with Crippen molar-refractivity contribution in [3.8, 4) is 5.75 Å². The lowest BCUT2D eigenvalue weighted by Gasteiger charge is -2.09. The molecule has 0 radical (unpaired) electrons. The number of amides is 1. The topological polar surface area (TPSA) is 52.3 Å². The van der Waals surface area contributed by atoms with Crippen molar-refractivity contribution in [2.45, 2.75) is 32.8 Å². The maximum Gasteiger partial charge on any atom is 0.217 e. The molecule has 0 heterocycles. The van der Waals surface area contributed by atoms with E-state index < -0.39 is 0 Å². The Balaban J connectivity index is 2.52. The second-order valence-corrected chi connectivity index (χ2v) is 3.78. The van der Waals surface area contributed by atoms with E-state index in [9.17, 15) is 4.79 Å². The van der Waals surface area contributed by atoms with Gasteiger partial charge in [-0.15, -0.1) is 0 Å². The normalized spacial score (nSPS) is 10.3. The minimum absolute atomic E-state index is 0.182. The predicted octanol–water partition coefficient (Wildman–Crippen LogP) is 1.89. The van der Waals surface area contributed by atoms with Crippen LogP contribution in [-0.2, 0) is 11.2 Å². The zero-order chi connectivity index (χ0) is 11.3. The van der Waals surface area contributed by atoms with Crippen LogP contribution in [0.5, 0.6) is 5.75 Å². The third-order valence-electron chi connectivity index (χ3n) is 1.96. The number of hydrogen-bond donors (Lipinski definition) is 1. The smallest absolute Gasteiger partial charge is 0.217 e. The molecule has 1 aromatic carbocycles. The number of ether oxygens (including phenoxy) is 1. The van der Waals surface area contributed by atoms with Crippen LogP contribution in [0.25, 0.3) is 0 Å². The van der Waals surface area contributed by atoms with Crippen molar-refractivity contribution < 1.29 is 9.53 Å². The molecule has 0 bridgehead atoms. The molecule has 0 fully saturated rings. The monoisotopic (exact) mass is 207 g/mol. The molecule has 3 nitrogen and oxygen atoms in total. The minimum atomic E-state index is -0.266. The highest BCUT2D eigenvalue weighted by Crippen LogP contribution is 2.14. The molecule has 0 aliphatic carbocycles. The molecule has 0 saturated carbocycles. The molecule has 1 amide bonds. The molecule has 0 spiro atoms. The van der Waals surface area contributed by atoms with Crippen LogP contribution in [-0.4, -0.2) is 12.0 Å². The Bertz CT molecular complexity index is 317. The van der Waals surface area contributed by atoms with Gasteiger partial charge in [0.15, 0.2) is 0 Å². The third kappa shape index (κ3) is 4.49. The molecule has 2 N–H and O–H groups in total. The van der Waals surface area contributed by atoms with E-state index in [1.807, 2.05) is 38.1 Å². The van der Waals surface area contributed by atoms with E-state index in [1.165, 1.54) is 0 Å². The average Bonchev–Trinajstić information content (AvgIpc) is 2.16. The number of nitrogens with two attached hydrogens (primary N) is 1. The van der Waals surface area contributed by atoms with Crippen LogP contribution in [0.2, 0.25) is 0 Å². The summed E-state index contributed by atoms with van der Waals surface area (Å²) in [6.07, 6.45) is 1.27. The predicted molar refractivity (Wildman–Crippen MR) is 59.7 cm³/mol. The summed E-state index contributed by atoms with van der Waals surface area (Å²) in [4.78, 5) is 10.6. The lowest BCUT2D eigenvalue weighted by atomic mass is 10.1. The molecule has 0 aliphatic heterocycles. The fraction of sp³-hybridized carbons (Fsp3) is 0.417. The third-order valence-corrected chi connectivity index (χ3v) is 1.96. The van der Waals surface area contributed by atoms with E-state index in [1.54, 1.807) is 0 Å². The molecule has 0 saturated heterocycles. The standard InChI is InChI=1S/C12H17NO2/c1-9(2)15-11-6-3-10(4-7-11)5-8-12(13)14/h3-4,6-7,9H,5,8H2,1-2H3,(H2,13,14). The number of carbonyl (C=O) groups is 1. The van der Waals surface area contributed by atoms with Crippen LogP contribution < -0.4 is 10.5 Å². The summed E-state index contributed by atoms with van der Waals surface area (Å²) >= 11 is 0. The summed E-state index contributed by atoms with van der Waals surface area (Å²) in [6, 6.07) is 7.74. The number of rotatable bonds is 5. The first-order chi connectivity index (χ1) is 7.08. The molecule has 15 heavy (non-hydrogen) atoms. The average molecular weight is 207 g/mol. The van der Waals surface area contributed by atoms with E-state index in [0.717, 1.165) is 11.3 Å². The second-order valence-electron chi connectivity index (χ2n) is 3.78. The molecule has 0 atom stereocenters. The Hall–Kier alpha value is -1.51. The maximum absolute atomic E-state index is 10.6. The summed E-state index contributed by atoms with van der Waals surface area (Å²) < 4.78 is 5.50. The van der Waals surface area contributed by atoms with E-state index in [-0.39, 0.29) is 12.0 Å². The second kappa shape index (κ2) is 5.39. The summed E-state index contributed by atoms with van der Waals surface area (Å²) in [7, 11) is 0. The van der Waals surface area contributed by atoms with Gasteiger partial charge in [0.05, 0.1) is 6.10 Å². The van der Waals surface area contributed by atoms with Crippen molar-refractivity contribution in [2.24, 2.45) is 5.73 Å². The molecule has 82 valence electrons. The first kappa shape index (κ1) is 11.6. The van der Waals surface area contributed by atoms with Gasteiger partial charge in [-0.25, -0.2) is 0 Å². The van der Waals surface area contributed by atoms with E-state index in [4.69, 9.17) is 10.5 Å². The van der Waals surface area contributed by atoms with Crippen molar-refractivity contribution in [1.29, 1.82) is 0 Å². The summed E-state index contributed by atoms with van der Waals surface area (Å²) in [5.41, 5.74) is 6.17. The van der Waals surface area contributed by atoms with Crippen LogP contribution in [0.3, 0.4) is 0 Å². The number of aryl methyl sites for hydroxylation is 1. The number of primary amides is 1. The van der Waals surface area contributed by atoms with Crippen LogP contribution in [0.4, 0.5) is 0 Å². The number of carbonyl (C=O) groups excluding carboxylic acids is 1. The van der Waals surface area contributed by atoms with Crippen molar-refractivity contribution in [3.05, 3.63) is 29.8 Å². The van der Waals surface area contributed by atoms with Crippen LogP contribution in [0.15, 0.2) is 24.3 Å². The van der Waals surface area contributed by atoms with Crippen molar-refractivity contribution in [1.82, 2.24) is 0 Å². The Morgan fingerprint density at radius 2 is 1.93 bits per heavy atom. The largest absolute Gasteiger partial charge is 0.491 e. The molecule has 0 aliphatic rings. The first-order valence-corrected chi connectivity index (χ1v) is 5.12. The van der Waals surface area contributed by atoms with Gasteiger partial charge in [0, 0.05) is 6.42 Å². The van der Waals surface area contributed by atoms with Gasteiger partial charge in [-0.1, -0.05) is 12.1 Å². The molecule has 1 rings (SSSR count). The zero-order valence-corrected chi connectivity index (χ0v) is 9.19. The zero-order valence-electron chi connectivity index (χ0n) is 9.19. The molecule has 0 aromatic heterocycles. The van der Waals surface area contributed by atoms with E-state index >= 15 is 0 Å². The Kier molecular flexibility index (Phi) is 4.16.